The van der Waals surface area contributed by atoms with Crippen molar-refractivity contribution in [1.82, 2.24) is 5.32 Å². The summed E-state index contributed by atoms with van der Waals surface area (Å²) in [5, 5.41) is 5.72. The van der Waals surface area contributed by atoms with Crippen molar-refractivity contribution in [3.8, 4) is 11.5 Å². The molecule has 2 aromatic carbocycles. The van der Waals surface area contributed by atoms with Gasteiger partial charge in [0.05, 0.1) is 24.5 Å². The van der Waals surface area contributed by atoms with Gasteiger partial charge in [0.25, 0.3) is 11.8 Å². The van der Waals surface area contributed by atoms with Crippen LogP contribution in [0.2, 0.25) is 0 Å². The lowest BCUT2D eigenvalue weighted by Crippen LogP contribution is -2.35. The van der Waals surface area contributed by atoms with Gasteiger partial charge in [-0.05, 0) is 43.5 Å². The fourth-order valence-electron chi connectivity index (χ4n) is 3.27. The van der Waals surface area contributed by atoms with E-state index < -0.39 is 6.10 Å². The van der Waals surface area contributed by atoms with Gasteiger partial charge in [-0.1, -0.05) is 25.1 Å². The van der Waals surface area contributed by atoms with Crippen LogP contribution in [0, 0.1) is 0 Å². The first kappa shape index (κ1) is 21.6. The number of nitrogens with one attached hydrogen (secondary N) is 2. The van der Waals surface area contributed by atoms with Crippen molar-refractivity contribution in [2.45, 2.75) is 38.4 Å². The number of carbonyl (C=O) groups is 2. The number of benzene rings is 2. The van der Waals surface area contributed by atoms with Crippen molar-refractivity contribution >= 4 is 17.5 Å². The lowest BCUT2D eigenvalue weighted by atomic mass is 10.1. The molecule has 0 bridgehead atoms. The smallest absolute Gasteiger partial charge is 0.265 e. The molecule has 3 rings (SSSR count). The Bertz CT molecular complexity index is 864. The van der Waals surface area contributed by atoms with E-state index in [1.807, 2.05) is 6.92 Å². The number of amides is 2. The van der Waals surface area contributed by atoms with Crippen molar-refractivity contribution in [1.29, 1.82) is 0 Å². The molecule has 1 fully saturated rings. The molecule has 1 aliphatic rings. The van der Waals surface area contributed by atoms with E-state index in [4.69, 9.17) is 14.2 Å². The number of ether oxygens (including phenoxy) is 3. The standard InChI is InChI=1S/C23H28N2O5/c1-3-21(30-17-9-6-8-16(14-17)28-2)23(27)25-20-12-5-4-11-19(20)22(26)24-15-18-10-7-13-29-18/h4-6,8-9,11-12,14,18,21H,3,7,10,13,15H2,1-2H3,(H,24,26)(H,25,27)/t18-,21-/m1/s1. The number of hydrogen-bond acceptors (Lipinski definition) is 5. The van der Waals surface area contributed by atoms with Crippen molar-refractivity contribution in [3.63, 3.8) is 0 Å². The van der Waals surface area contributed by atoms with Crippen LogP contribution in [-0.2, 0) is 9.53 Å². The summed E-state index contributed by atoms with van der Waals surface area (Å²) in [6, 6.07) is 14.0. The first-order chi connectivity index (χ1) is 14.6. The number of hydrogen-bond donors (Lipinski definition) is 2. The number of carbonyl (C=O) groups excluding carboxylic acids is 2. The molecule has 7 heteroatoms. The molecule has 0 spiro atoms. The minimum atomic E-state index is -0.708. The second-order valence-electron chi connectivity index (χ2n) is 7.07. The van der Waals surface area contributed by atoms with Crippen molar-refractivity contribution in [2.24, 2.45) is 0 Å². The number of methoxy groups -OCH3 is 1. The van der Waals surface area contributed by atoms with Gasteiger partial charge in [0.15, 0.2) is 6.10 Å². The van der Waals surface area contributed by atoms with E-state index in [9.17, 15) is 9.59 Å². The molecule has 7 nitrogen and oxygen atoms in total. The van der Waals surface area contributed by atoms with Gasteiger partial charge >= 0.3 is 0 Å². The lowest BCUT2D eigenvalue weighted by Gasteiger charge is -2.19. The summed E-state index contributed by atoms with van der Waals surface area (Å²) in [4.78, 5) is 25.5. The lowest BCUT2D eigenvalue weighted by molar-refractivity contribution is -0.122. The summed E-state index contributed by atoms with van der Waals surface area (Å²) >= 11 is 0. The van der Waals surface area contributed by atoms with Crippen LogP contribution in [0.4, 0.5) is 5.69 Å². The Hall–Kier alpha value is -3.06. The normalized spacial score (nSPS) is 16.5. The van der Waals surface area contributed by atoms with E-state index in [1.54, 1.807) is 55.6 Å². The van der Waals surface area contributed by atoms with Crippen LogP contribution in [0.15, 0.2) is 48.5 Å². The average molecular weight is 412 g/mol. The topological polar surface area (TPSA) is 85.9 Å². The van der Waals surface area contributed by atoms with E-state index in [-0.39, 0.29) is 17.9 Å². The molecule has 2 atom stereocenters. The third kappa shape index (κ3) is 5.73. The molecule has 0 saturated carbocycles. The molecule has 160 valence electrons. The molecule has 1 heterocycles. The summed E-state index contributed by atoms with van der Waals surface area (Å²) in [5.41, 5.74) is 0.847. The molecule has 2 aromatic rings. The molecule has 0 aromatic heterocycles. The van der Waals surface area contributed by atoms with Crippen molar-refractivity contribution in [3.05, 3.63) is 54.1 Å². The first-order valence-corrected chi connectivity index (χ1v) is 10.2. The summed E-state index contributed by atoms with van der Waals surface area (Å²) in [5.74, 6) is 0.623. The zero-order valence-electron chi connectivity index (χ0n) is 17.4. The highest BCUT2D eigenvalue weighted by Crippen LogP contribution is 2.22. The van der Waals surface area contributed by atoms with Crippen LogP contribution in [-0.4, -0.2) is 44.3 Å². The second kappa shape index (κ2) is 10.6. The second-order valence-corrected chi connectivity index (χ2v) is 7.07. The highest BCUT2D eigenvalue weighted by molar-refractivity contribution is 6.04. The zero-order valence-corrected chi connectivity index (χ0v) is 17.4. The van der Waals surface area contributed by atoms with Gasteiger partial charge in [-0.15, -0.1) is 0 Å². The molecular formula is C23H28N2O5. The average Bonchev–Trinajstić information content (AvgIpc) is 3.30. The van der Waals surface area contributed by atoms with Crippen LogP contribution in [0.5, 0.6) is 11.5 Å². The van der Waals surface area contributed by atoms with Gasteiger partial charge in [0.1, 0.15) is 11.5 Å². The van der Waals surface area contributed by atoms with Crippen molar-refractivity contribution in [2.75, 3.05) is 25.6 Å². The van der Waals surface area contributed by atoms with E-state index in [1.165, 1.54) is 0 Å². The largest absolute Gasteiger partial charge is 0.497 e. The minimum absolute atomic E-state index is 0.0523. The van der Waals surface area contributed by atoms with Crippen LogP contribution >= 0.6 is 0 Å². The van der Waals surface area contributed by atoms with E-state index in [0.29, 0.717) is 35.7 Å². The third-order valence-electron chi connectivity index (χ3n) is 4.93. The summed E-state index contributed by atoms with van der Waals surface area (Å²) in [7, 11) is 1.57. The minimum Gasteiger partial charge on any atom is -0.497 e. The fourth-order valence-corrected chi connectivity index (χ4v) is 3.27. The predicted octanol–water partition coefficient (Wildman–Crippen LogP) is 3.40. The monoisotopic (exact) mass is 412 g/mol. The molecule has 0 unspecified atom stereocenters. The van der Waals surface area contributed by atoms with Gasteiger partial charge in [-0.2, -0.15) is 0 Å². The van der Waals surface area contributed by atoms with Crippen LogP contribution in [0.25, 0.3) is 0 Å². The summed E-state index contributed by atoms with van der Waals surface area (Å²) in [6.45, 7) is 3.06. The quantitative estimate of drug-likeness (QED) is 0.659. The number of para-hydroxylation sites is 1. The Balaban J connectivity index is 1.65. The Labute approximate surface area is 176 Å². The van der Waals surface area contributed by atoms with E-state index in [2.05, 4.69) is 10.6 Å². The van der Waals surface area contributed by atoms with Crippen LogP contribution in [0.1, 0.15) is 36.5 Å². The SMILES string of the molecule is CC[C@@H](Oc1cccc(OC)c1)C(=O)Nc1ccccc1C(=O)NC[C@H]1CCCO1. The fraction of sp³-hybridized carbons (Fsp3) is 0.391. The van der Waals surface area contributed by atoms with Crippen molar-refractivity contribution < 1.29 is 23.8 Å². The van der Waals surface area contributed by atoms with E-state index >= 15 is 0 Å². The maximum Gasteiger partial charge on any atom is 0.265 e. The Morgan fingerprint density at radius 1 is 1.17 bits per heavy atom. The molecule has 1 aliphatic heterocycles. The zero-order chi connectivity index (χ0) is 21.3. The summed E-state index contributed by atoms with van der Waals surface area (Å²) in [6.07, 6.45) is 1.77. The van der Waals surface area contributed by atoms with Crippen LogP contribution in [0.3, 0.4) is 0 Å². The van der Waals surface area contributed by atoms with Gasteiger partial charge in [-0.25, -0.2) is 0 Å². The molecule has 0 radical (unpaired) electrons. The highest BCUT2D eigenvalue weighted by atomic mass is 16.5. The van der Waals surface area contributed by atoms with Gasteiger partial charge in [0.2, 0.25) is 0 Å². The van der Waals surface area contributed by atoms with E-state index in [0.717, 1.165) is 19.4 Å². The molecule has 0 aliphatic carbocycles. The highest BCUT2D eigenvalue weighted by Gasteiger charge is 2.22. The van der Waals surface area contributed by atoms with Crippen LogP contribution < -0.4 is 20.1 Å². The molecule has 1 saturated heterocycles. The maximum absolute atomic E-state index is 12.8. The molecule has 30 heavy (non-hydrogen) atoms. The Morgan fingerprint density at radius 3 is 2.70 bits per heavy atom. The van der Waals surface area contributed by atoms with Gasteiger partial charge in [0, 0.05) is 19.2 Å². The maximum atomic E-state index is 12.8. The number of rotatable bonds is 9. The van der Waals surface area contributed by atoms with Gasteiger partial charge in [-0.3, -0.25) is 9.59 Å². The molecule has 2 N–H and O–H groups in total. The Kier molecular flexibility index (Phi) is 7.68. The van der Waals surface area contributed by atoms with Gasteiger partial charge < -0.3 is 24.8 Å². The Morgan fingerprint density at radius 2 is 1.97 bits per heavy atom. The third-order valence-corrected chi connectivity index (χ3v) is 4.93. The summed E-state index contributed by atoms with van der Waals surface area (Å²) < 4.78 is 16.6. The predicted molar refractivity (Wildman–Crippen MR) is 114 cm³/mol. The first-order valence-electron chi connectivity index (χ1n) is 10.2. The molecule has 2 amide bonds. The molecular weight excluding hydrogens is 384 g/mol. The number of anilines is 1.